The van der Waals surface area contributed by atoms with E-state index in [4.69, 9.17) is 10.5 Å². The van der Waals surface area contributed by atoms with Crippen LogP contribution < -0.4 is 11.1 Å². The van der Waals surface area contributed by atoms with Crippen molar-refractivity contribution in [2.75, 3.05) is 24.2 Å². The molecule has 0 radical (unpaired) electrons. The van der Waals surface area contributed by atoms with Crippen LogP contribution in [0.1, 0.15) is 26.7 Å². The first-order chi connectivity index (χ1) is 7.68. The summed E-state index contributed by atoms with van der Waals surface area (Å²) >= 11 is 0. The molecule has 1 rings (SSSR count). The fourth-order valence-electron chi connectivity index (χ4n) is 1.31. The van der Waals surface area contributed by atoms with Gasteiger partial charge < -0.3 is 15.8 Å². The second kappa shape index (κ2) is 7.06. The van der Waals surface area contributed by atoms with E-state index in [1.165, 1.54) is 0 Å². The molecule has 0 saturated heterocycles. The summed E-state index contributed by atoms with van der Waals surface area (Å²) in [7, 11) is 0. The third-order valence-corrected chi connectivity index (χ3v) is 2.11. The zero-order valence-corrected chi connectivity index (χ0v) is 10.1. The summed E-state index contributed by atoms with van der Waals surface area (Å²) < 4.78 is 5.45. The topological polar surface area (TPSA) is 60.2 Å². The highest BCUT2D eigenvalue weighted by Crippen LogP contribution is 2.07. The van der Waals surface area contributed by atoms with Crippen LogP contribution >= 0.6 is 0 Å². The van der Waals surface area contributed by atoms with Crippen LogP contribution in [0.25, 0.3) is 0 Å². The monoisotopic (exact) mass is 223 g/mol. The summed E-state index contributed by atoms with van der Waals surface area (Å²) in [4.78, 5) is 4.16. The maximum atomic E-state index is 5.64. The molecule has 1 aromatic heterocycles. The number of nitrogens with two attached hydrogens (primary N) is 1. The number of hydrogen-bond donors (Lipinski definition) is 2. The molecule has 90 valence electrons. The Labute approximate surface area is 97.2 Å². The number of nitrogens with one attached hydrogen (secondary N) is 1. The number of ether oxygens (including phenoxy) is 1. The number of nitrogens with zero attached hydrogens (tertiary/aromatic N) is 1. The van der Waals surface area contributed by atoms with E-state index in [0.29, 0.717) is 6.10 Å². The third kappa shape index (κ3) is 5.56. The van der Waals surface area contributed by atoms with Crippen LogP contribution in [0.3, 0.4) is 0 Å². The van der Waals surface area contributed by atoms with E-state index in [9.17, 15) is 0 Å². The predicted molar refractivity (Wildman–Crippen MR) is 67.5 cm³/mol. The van der Waals surface area contributed by atoms with E-state index in [0.717, 1.165) is 37.5 Å². The van der Waals surface area contributed by atoms with Gasteiger partial charge in [0.25, 0.3) is 0 Å². The lowest BCUT2D eigenvalue weighted by Gasteiger charge is -2.08. The van der Waals surface area contributed by atoms with Gasteiger partial charge in [-0.25, -0.2) is 4.98 Å². The Morgan fingerprint density at radius 1 is 1.44 bits per heavy atom. The number of rotatable bonds is 7. The predicted octanol–water partition coefficient (Wildman–Crippen LogP) is 2.28. The summed E-state index contributed by atoms with van der Waals surface area (Å²) in [6.45, 7) is 5.82. The Balaban J connectivity index is 2.07. The maximum Gasteiger partial charge on any atom is 0.127 e. The van der Waals surface area contributed by atoms with Crippen molar-refractivity contribution >= 4 is 11.5 Å². The quantitative estimate of drug-likeness (QED) is 0.696. The van der Waals surface area contributed by atoms with Crippen LogP contribution in [0.15, 0.2) is 18.3 Å². The molecule has 0 bridgehead atoms. The van der Waals surface area contributed by atoms with Crippen molar-refractivity contribution in [3.05, 3.63) is 18.3 Å². The highest BCUT2D eigenvalue weighted by molar-refractivity contribution is 5.48. The smallest absolute Gasteiger partial charge is 0.127 e. The van der Waals surface area contributed by atoms with E-state index >= 15 is 0 Å². The molecule has 0 aliphatic heterocycles. The van der Waals surface area contributed by atoms with E-state index in [2.05, 4.69) is 24.1 Å². The highest BCUT2D eigenvalue weighted by atomic mass is 16.5. The van der Waals surface area contributed by atoms with Crippen molar-refractivity contribution in [1.82, 2.24) is 4.98 Å². The summed E-state index contributed by atoms with van der Waals surface area (Å²) in [5.41, 5.74) is 6.38. The van der Waals surface area contributed by atoms with Gasteiger partial charge in [-0.1, -0.05) is 0 Å². The van der Waals surface area contributed by atoms with Gasteiger partial charge in [0.1, 0.15) is 5.82 Å². The lowest BCUT2D eigenvalue weighted by atomic mass is 10.3. The number of anilines is 2. The lowest BCUT2D eigenvalue weighted by molar-refractivity contribution is 0.0765. The lowest BCUT2D eigenvalue weighted by Crippen LogP contribution is -2.07. The Kier molecular flexibility index (Phi) is 5.64. The summed E-state index contributed by atoms with van der Waals surface area (Å²) in [5, 5.41) is 3.23. The molecule has 0 atom stereocenters. The molecule has 0 fully saturated rings. The zero-order chi connectivity index (χ0) is 11.8. The Bertz CT molecular complexity index is 302. The number of unbranched alkanes of at least 4 members (excludes halogenated alkanes) is 1. The Morgan fingerprint density at radius 3 is 2.94 bits per heavy atom. The Morgan fingerprint density at radius 2 is 2.25 bits per heavy atom. The van der Waals surface area contributed by atoms with Crippen LogP contribution in [0.5, 0.6) is 0 Å². The normalized spacial score (nSPS) is 10.7. The van der Waals surface area contributed by atoms with Crippen molar-refractivity contribution < 1.29 is 4.74 Å². The minimum Gasteiger partial charge on any atom is -0.399 e. The summed E-state index contributed by atoms with van der Waals surface area (Å²) in [6, 6.07) is 3.62. The first-order valence-electron chi connectivity index (χ1n) is 5.75. The van der Waals surface area contributed by atoms with Gasteiger partial charge in [0.2, 0.25) is 0 Å². The van der Waals surface area contributed by atoms with E-state index < -0.39 is 0 Å². The van der Waals surface area contributed by atoms with Gasteiger partial charge >= 0.3 is 0 Å². The molecule has 16 heavy (non-hydrogen) atoms. The number of hydrogen-bond acceptors (Lipinski definition) is 4. The molecular formula is C12H21N3O. The molecule has 4 nitrogen and oxygen atoms in total. The first kappa shape index (κ1) is 12.8. The van der Waals surface area contributed by atoms with Crippen molar-refractivity contribution in [2.24, 2.45) is 0 Å². The molecule has 0 saturated carbocycles. The molecule has 0 unspecified atom stereocenters. The van der Waals surface area contributed by atoms with Crippen LogP contribution in [-0.2, 0) is 4.74 Å². The van der Waals surface area contributed by atoms with Gasteiger partial charge in [0, 0.05) is 31.1 Å². The van der Waals surface area contributed by atoms with Crippen LogP contribution in [0, 0.1) is 0 Å². The zero-order valence-electron chi connectivity index (χ0n) is 10.1. The molecule has 0 aromatic carbocycles. The number of pyridine rings is 1. The molecule has 1 aromatic rings. The van der Waals surface area contributed by atoms with Crippen molar-refractivity contribution in [2.45, 2.75) is 32.8 Å². The van der Waals surface area contributed by atoms with Crippen LogP contribution in [-0.4, -0.2) is 24.2 Å². The number of nitrogen functional groups attached to an aromatic ring is 1. The third-order valence-electron chi connectivity index (χ3n) is 2.11. The number of aromatic nitrogens is 1. The molecule has 0 spiro atoms. The molecule has 1 heterocycles. The van der Waals surface area contributed by atoms with E-state index in [-0.39, 0.29) is 0 Å². The second-order valence-corrected chi connectivity index (χ2v) is 4.03. The Hall–Kier alpha value is -1.29. The average Bonchev–Trinajstić information content (AvgIpc) is 2.23. The highest BCUT2D eigenvalue weighted by Gasteiger charge is 1.95. The molecular weight excluding hydrogens is 202 g/mol. The van der Waals surface area contributed by atoms with Gasteiger partial charge in [-0.3, -0.25) is 0 Å². The standard InChI is InChI=1S/C12H21N3O/c1-10(2)16-8-4-3-6-14-12-9-11(13)5-7-15-12/h5,7,9-10H,3-4,6,8H2,1-2H3,(H3,13,14,15). The minimum atomic E-state index is 0.323. The van der Waals surface area contributed by atoms with Crippen LogP contribution in [0.4, 0.5) is 11.5 Å². The largest absolute Gasteiger partial charge is 0.399 e. The second-order valence-electron chi connectivity index (χ2n) is 4.03. The van der Waals surface area contributed by atoms with Crippen molar-refractivity contribution in [1.29, 1.82) is 0 Å². The van der Waals surface area contributed by atoms with Crippen molar-refractivity contribution in [3.8, 4) is 0 Å². The fourth-order valence-corrected chi connectivity index (χ4v) is 1.31. The summed E-state index contributed by atoms with van der Waals surface area (Å²) in [6.07, 6.45) is 4.17. The van der Waals surface area contributed by atoms with Crippen molar-refractivity contribution in [3.63, 3.8) is 0 Å². The van der Waals surface area contributed by atoms with Gasteiger partial charge in [-0.05, 0) is 32.8 Å². The molecule has 0 amide bonds. The van der Waals surface area contributed by atoms with E-state index in [1.54, 1.807) is 12.3 Å². The molecule has 4 heteroatoms. The average molecular weight is 223 g/mol. The molecule has 0 aliphatic carbocycles. The SMILES string of the molecule is CC(C)OCCCCNc1cc(N)ccn1. The maximum absolute atomic E-state index is 5.64. The minimum absolute atomic E-state index is 0.323. The van der Waals surface area contributed by atoms with E-state index in [1.807, 2.05) is 6.07 Å². The van der Waals surface area contributed by atoms with Gasteiger partial charge in [-0.2, -0.15) is 0 Å². The molecule has 0 aliphatic rings. The fraction of sp³-hybridized carbons (Fsp3) is 0.583. The van der Waals surface area contributed by atoms with Crippen LogP contribution in [0.2, 0.25) is 0 Å². The first-order valence-corrected chi connectivity index (χ1v) is 5.75. The molecule has 3 N–H and O–H groups in total. The van der Waals surface area contributed by atoms with Gasteiger partial charge in [0.15, 0.2) is 0 Å². The summed E-state index contributed by atoms with van der Waals surface area (Å²) in [5.74, 6) is 0.838. The van der Waals surface area contributed by atoms with Gasteiger partial charge in [-0.15, -0.1) is 0 Å². The van der Waals surface area contributed by atoms with Gasteiger partial charge in [0.05, 0.1) is 6.10 Å².